The Morgan fingerprint density at radius 3 is 2.44 bits per heavy atom. The first-order valence-corrected chi connectivity index (χ1v) is 9.79. The van der Waals surface area contributed by atoms with E-state index in [1.165, 1.54) is 6.92 Å². The molecule has 2 rings (SSSR count). The number of ether oxygens (including phenoxy) is 2. The maximum Gasteiger partial charge on any atom is 0.220 e. The summed E-state index contributed by atoms with van der Waals surface area (Å²) in [7, 11) is 0. The average Bonchev–Trinajstić information content (AvgIpc) is 2.66. The van der Waals surface area contributed by atoms with E-state index in [4.69, 9.17) is 9.47 Å². The monoisotopic (exact) mass is 376 g/mol. The van der Waals surface area contributed by atoms with Gasteiger partial charge in [0.1, 0.15) is 5.75 Å². The van der Waals surface area contributed by atoms with Crippen molar-refractivity contribution in [1.29, 1.82) is 0 Å². The van der Waals surface area contributed by atoms with Crippen LogP contribution in [0.1, 0.15) is 44.0 Å². The van der Waals surface area contributed by atoms with Gasteiger partial charge in [0, 0.05) is 37.7 Å². The Hall–Kier alpha value is -1.92. The molecule has 1 N–H and O–H groups in total. The summed E-state index contributed by atoms with van der Waals surface area (Å²) in [5.41, 5.74) is 0.668. The number of carbonyl (C=O) groups is 2. The standard InChI is InChI=1S/C21H32N2O4/c1-16(2)20(23-10-13-26-14-11-23)15-22-21(25)5-4-12-27-19-8-6-18(7-9-19)17(3)24/h6-9,16,20H,4-5,10-15H2,1-3H3,(H,22,25). The van der Waals surface area contributed by atoms with Gasteiger partial charge in [0.25, 0.3) is 0 Å². The third kappa shape index (κ3) is 7.31. The van der Waals surface area contributed by atoms with Crippen LogP contribution in [0.25, 0.3) is 0 Å². The molecule has 6 heteroatoms. The number of nitrogens with one attached hydrogen (secondary N) is 1. The number of Topliss-reactive ketones (excluding diaryl/α,β-unsaturated/α-hetero) is 1. The molecule has 0 spiro atoms. The molecule has 0 bridgehead atoms. The van der Waals surface area contributed by atoms with Crippen LogP contribution in [0.15, 0.2) is 24.3 Å². The van der Waals surface area contributed by atoms with Crippen molar-refractivity contribution in [1.82, 2.24) is 10.2 Å². The molecule has 0 saturated carbocycles. The smallest absolute Gasteiger partial charge is 0.220 e. The number of amides is 1. The van der Waals surface area contributed by atoms with Crippen LogP contribution < -0.4 is 10.1 Å². The van der Waals surface area contributed by atoms with Crippen molar-refractivity contribution in [3.05, 3.63) is 29.8 Å². The highest BCUT2D eigenvalue weighted by atomic mass is 16.5. The number of nitrogens with zero attached hydrogens (tertiary/aromatic N) is 1. The van der Waals surface area contributed by atoms with Gasteiger partial charge in [0.2, 0.25) is 5.91 Å². The lowest BCUT2D eigenvalue weighted by Crippen LogP contribution is -2.51. The number of hydrogen-bond donors (Lipinski definition) is 1. The molecule has 1 atom stereocenters. The number of morpholine rings is 1. The minimum Gasteiger partial charge on any atom is -0.494 e. The molecule has 1 heterocycles. The van der Waals surface area contributed by atoms with Crippen LogP contribution in [0.2, 0.25) is 0 Å². The molecule has 0 aromatic heterocycles. The summed E-state index contributed by atoms with van der Waals surface area (Å²) in [5.74, 6) is 1.29. The lowest BCUT2D eigenvalue weighted by Gasteiger charge is -2.36. The van der Waals surface area contributed by atoms with Crippen molar-refractivity contribution in [3.8, 4) is 5.75 Å². The molecule has 1 aromatic carbocycles. The van der Waals surface area contributed by atoms with Crippen molar-refractivity contribution in [2.75, 3.05) is 39.5 Å². The highest BCUT2D eigenvalue weighted by Gasteiger charge is 2.24. The Balaban J connectivity index is 1.65. The predicted molar refractivity (Wildman–Crippen MR) is 105 cm³/mol. The van der Waals surface area contributed by atoms with Crippen LogP contribution in [0, 0.1) is 5.92 Å². The van der Waals surface area contributed by atoms with Gasteiger partial charge in [-0.15, -0.1) is 0 Å². The Kier molecular flexibility index (Phi) is 8.75. The summed E-state index contributed by atoms with van der Waals surface area (Å²) in [5, 5.41) is 3.07. The molecule has 0 aliphatic carbocycles. The maximum atomic E-state index is 12.1. The Morgan fingerprint density at radius 1 is 1.19 bits per heavy atom. The van der Waals surface area contributed by atoms with E-state index in [-0.39, 0.29) is 11.7 Å². The predicted octanol–water partition coefficient (Wildman–Crippen LogP) is 2.52. The minimum absolute atomic E-state index is 0.0370. The summed E-state index contributed by atoms with van der Waals surface area (Å²) in [6, 6.07) is 7.41. The second-order valence-corrected chi connectivity index (χ2v) is 7.30. The normalized spacial score (nSPS) is 16.1. The van der Waals surface area contributed by atoms with Gasteiger partial charge in [0.05, 0.1) is 19.8 Å². The fourth-order valence-corrected chi connectivity index (χ4v) is 3.21. The zero-order valence-electron chi connectivity index (χ0n) is 16.7. The molecule has 1 saturated heterocycles. The topological polar surface area (TPSA) is 67.9 Å². The van der Waals surface area contributed by atoms with E-state index in [1.54, 1.807) is 24.3 Å². The first-order chi connectivity index (χ1) is 13.0. The summed E-state index contributed by atoms with van der Waals surface area (Å²) in [6.45, 7) is 10.5. The van der Waals surface area contributed by atoms with E-state index in [0.717, 1.165) is 26.3 Å². The zero-order chi connectivity index (χ0) is 19.6. The van der Waals surface area contributed by atoms with Crippen LogP contribution in [0.5, 0.6) is 5.75 Å². The first-order valence-electron chi connectivity index (χ1n) is 9.79. The fraction of sp³-hybridized carbons (Fsp3) is 0.619. The van der Waals surface area contributed by atoms with Gasteiger partial charge in [0.15, 0.2) is 5.78 Å². The molecule has 1 unspecified atom stereocenters. The lowest BCUT2D eigenvalue weighted by atomic mass is 10.0. The van der Waals surface area contributed by atoms with E-state index < -0.39 is 0 Å². The third-order valence-corrected chi connectivity index (χ3v) is 4.87. The van der Waals surface area contributed by atoms with Crippen LogP contribution in [-0.2, 0) is 9.53 Å². The first kappa shape index (κ1) is 21.4. The van der Waals surface area contributed by atoms with Gasteiger partial charge in [-0.2, -0.15) is 0 Å². The maximum absolute atomic E-state index is 12.1. The fourth-order valence-electron chi connectivity index (χ4n) is 3.21. The number of benzene rings is 1. The molecule has 27 heavy (non-hydrogen) atoms. The average molecular weight is 376 g/mol. The van der Waals surface area contributed by atoms with Gasteiger partial charge < -0.3 is 14.8 Å². The van der Waals surface area contributed by atoms with Gasteiger partial charge in [-0.25, -0.2) is 0 Å². The van der Waals surface area contributed by atoms with Gasteiger partial charge in [-0.3, -0.25) is 14.5 Å². The third-order valence-electron chi connectivity index (χ3n) is 4.87. The highest BCUT2D eigenvalue weighted by Crippen LogP contribution is 2.14. The summed E-state index contributed by atoms with van der Waals surface area (Å²) < 4.78 is 11.1. The van der Waals surface area contributed by atoms with E-state index in [9.17, 15) is 9.59 Å². The van der Waals surface area contributed by atoms with E-state index in [1.807, 2.05) is 0 Å². The molecular weight excluding hydrogens is 344 g/mol. The minimum atomic E-state index is 0.0370. The molecule has 1 amide bonds. The molecule has 0 radical (unpaired) electrons. The zero-order valence-corrected chi connectivity index (χ0v) is 16.7. The van der Waals surface area contributed by atoms with Crippen molar-refractivity contribution in [2.45, 2.75) is 39.7 Å². The number of rotatable bonds is 10. The SMILES string of the molecule is CC(=O)c1ccc(OCCCC(=O)NCC(C(C)C)N2CCOCC2)cc1. The Morgan fingerprint density at radius 2 is 1.85 bits per heavy atom. The number of hydrogen-bond acceptors (Lipinski definition) is 5. The van der Waals surface area contributed by atoms with Crippen molar-refractivity contribution in [3.63, 3.8) is 0 Å². The molecule has 150 valence electrons. The molecule has 1 fully saturated rings. The molecular formula is C21H32N2O4. The summed E-state index contributed by atoms with van der Waals surface area (Å²) >= 11 is 0. The number of carbonyl (C=O) groups excluding carboxylic acids is 2. The lowest BCUT2D eigenvalue weighted by molar-refractivity contribution is -0.121. The number of ketones is 1. The van der Waals surface area contributed by atoms with E-state index in [2.05, 4.69) is 24.1 Å². The molecule has 6 nitrogen and oxygen atoms in total. The molecule has 1 aliphatic rings. The Bertz CT molecular complexity index is 595. The van der Waals surface area contributed by atoms with Crippen LogP contribution in [0.4, 0.5) is 0 Å². The van der Waals surface area contributed by atoms with E-state index in [0.29, 0.717) is 49.3 Å². The van der Waals surface area contributed by atoms with Crippen molar-refractivity contribution < 1.29 is 19.1 Å². The highest BCUT2D eigenvalue weighted by molar-refractivity contribution is 5.94. The molecule has 1 aromatic rings. The van der Waals surface area contributed by atoms with Crippen LogP contribution in [-0.4, -0.2) is 62.1 Å². The van der Waals surface area contributed by atoms with Gasteiger partial charge in [-0.05, 0) is 43.5 Å². The molecule has 1 aliphatic heterocycles. The van der Waals surface area contributed by atoms with Crippen molar-refractivity contribution in [2.24, 2.45) is 5.92 Å². The van der Waals surface area contributed by atoms with Crippen molar-refractivity contribution >= 4 is 11.7 Å². The van der Waals surface area contributed by atoms with Gasteiger partial charge in [-0.1, -0.05) is 13.8 Å². The second-order valence-electron chi connectivity index (χ2n) is 7.30. The van der Waals surface area contributed by atoms with Crippen LogP contribution in [0.3, 0.4) is 0 Å². The largest absolute Gasteiger partial charge is 0.494 e. The quantitative estimate of drug-likeness (QED) is 0.502. The second kappa shape index (κ2) is 11.0. The Labute approximate surface area is 162 Å². The van der Waals surface area contributed by atoms with Crippen LogP contribution >= 0.6 is 0 Å². The van der Waals surface area contributed by atoms with E-state index >= 15 is 0 Å². The summed E-state index contributed by atoms with van der Waals surface area (Å²) in [4.78, 5) is 25.8. The van der Waals surface area contributed by atoms with Gasteiger partial charge >= 0.3 is 0 Å². The summed E-state index contributed by atoms with van der Waals surface area (Å²) in [6.07, 6.45) is 1.10.